The minimum absolute atomic E-state index is 0.345. The van der Waals surface area contributed by atoms with Gasteiger partial charge in [0.25, 0.3) is 0 Å². The van der Waals surface area contributed by atoms with Gasteiger partial charge in [0.2, 0.25) is 0 Å². The van der Waals surface area contributed by atoms with Crippen LogP contribution in [0.25, 0.3) is 0 Å². The fraction of sp³-hybridized carbons (Fsp3) is 0.600. The van der Waals surface area contributed by atoms with Gasteiger partial charge in [-0.3, -0.25) is 0 Å². The van der Waals surface area contributed by atoms with Crippen molar-refractivity contribution in [2.75, 3.05) is 6.61 Å². The van der Waals surface area contributed by atoms with Crippen molar-refractivity contribution < 1.29 is 4.74 Å². The highest BCUT2D eigenvalue weighted by Crippen LogP contribution is 2.21. The Morgan fingerprint density at radius 3 is 2.06 bits per heavy atom. The Morgan fingerprint density at radius 1 is 1.06 bits per heavy atom. The van der Waals surface area contributed by atoms with E-state index < -0.39 is 0 Å². The summed E-state index contributed by atoms with van der Waals surface area (Å²) in [5, 5.41) is 0. The molecule has 0 radical (unpaired) electrons. The minimum Gasteiger partial charge on any atom is -0.494 e. The summed E-state index contributed by atoms with van der Waals surface area (Å²) in [4.78, 5) is 0. The monoisotopic (exact) mass is 220 g/mol. The van der Waals surface area contributed by atoms with E-state index in [1.165, 1.54) is 5.56 Å². The van der Waals surface area contributed by atoms with Crippen LogP contribution in [0.3, 0.4) is 0 Å². The van der Waals surface area contributed by atoms with E-state index >= 15 is 0 Å². The molecule has 1 heteroatoms. The van der Waals surface area contributed by atoms with Gasteiger partial charge in [-0.15, -0.1) is 0 Å². The van der Waals surface area contributed by atoms with Crippen LogP contribution < -0.4 is 4.74 Å². The second kappa shape index (κ2) is 5.38. The van der Waals surface area contributed by atoms with Crippen molar-refractivity contribution in [1.29, 1.82) is 0 Å². The van der Waals surface area contributed by atoms with E-state index in [0.717, 1.165) is 18.8 Å². The first-order valence-electron chi connectivity index (χ1n) is 6.11. The summed E-state index contributed by atoms with van der Waals surface area (Å²) in [7, 11) is 0. The summed E-state index contributed by atoms with van der Waals surface area (Å²) in [5.41, 5.74) is 1.71. The van der Waals surface area contributed by atoms with Gasteiger partial charge in [-0.1, -0.05) is 46.8 Å². The van der Waals surface area contributed by atoms with Crippen LogP contribution in [0.1, 0.15) is 52.5 Å². The molecule has 16 heavy (non-hydrogen) atoms. The van der Waals surface area contributed by atoms with E-state index in [9.17, 15) is 0 Å². The van der Waals surface area contributed by atoms with Crippen LogP contribution >= 0.6 is 0 Å². The van der Waals surface area contributed by atoms with Crippen LogP contribution in [0.2, 0.25) is 0 Å². The Balaban J connectivity index is 2.44. The smallest absolute Gasteiger partial charge is 0.119 e. The average molecular weight is 220 g/mol. The van der Waals surface area contributed by atoms with Crippen molar-refractivity contribution in [2.45, 2.75) is 47.0 Å². The van der Waals surface area contributed by atoms with Crippen molar-refractivity contribution in [3.63, 3.8) is 0 Å². The Hall–Kier alpha value is -0.980. The predicted octanol–water partition coefficient (Wildman–Crippen LogP) is 4.63. The van der Waals surface area contributed by atoms with Gasteiger partial charge in [0.05, 0.1) is 6.61 Å². The Labute approximate surface area is 99.8 Å². The van der Waals surface area contributed by atoms with Gasteiger partial charge >= 0.3 is 0 Å². The van der Waals surface area contributed by atoms with Crippen molar-refractivity contribution in [1.82, 2.24) is 0 Å². The molecule has 0 amide bonds. The third kappa shape index (κ3) is 4.69. The summed E-state index contributed by atoms with van der Waals surface area (Å²) in [6.45, 7) is 11.9. The standard InChI is InChI=1S/C15H24O/c1-12(2)13-6-8-14(9-7-13)16-11-10-15(3,4)5/h6-9,12H,10-11H2,1-5H3. The highest BCUT2D eigenvalue weighted by atomic mass is 16.5. The zero-order valence-electron chi connectivity index (χ0n) is 11.2. The van der Waals surface area contributed by atoms with E-state index in [1.807, 2.05) is 0 Å². The highest BCUT2D eigenvalue weighted by Gasteiger charge is 2.09. The first-order chi connectivity index (χ1) is 7.38. The lowest BCUT2D eigenvalue weighted by atomic mass is 9.93. The SMILES string of the molecule is CC(C)c1ccc(OCCC(C)(C)C)cc1. The molecule has 0 atom stereocenters. The number of hydrogen-bond acceptors (Lipinski definition) is 1. The first-order valence-corrected chi connectivity index (χ1v) is 6.11. The van der Waals surface area contributed by atoms with E-state index in [1.54, 1.807) is 0 Å². The van der Waals surface area contributed by atoms with Crippen molar-refractivity contribution in [3.8, 4) is 5.75 Å². The first kappa shape index (κ1) is 13.1. The lowest BCUT2D eigenvalue weighted by Crippen LogP contribution is -2.11. The van der Waals surface area contributed by atoms with Crippen LogP contribution in [0.4, 0.5) is 0 Å². The molecule has 0 aliphatic carbocycles. The Kier molecular flexibility index (Phi) is 4.40. The molecule has 0 aliphatic rings. The molecule has 0 heterocycles. The summed E-state index contributed by atoms with van der Waals surface area (Å²) >= 11 is 0. The number of benzene rings is 1. The predicted molar refractivity (Wildman–Crippen MR) is 70.1 cm³/mol. The van der Waals surface area contributed by atoms with Gasteiger partial charge in [0.1, 0.15) is 5.75 Å². The second-order valence-corrected chi connectivity index (χ2v) is 5.88. The Bertz CT molecular complexity index is 303. The van der Waals surface area contributed by atoms with Gasteiger partial charge < -0.3 is 4.74 Å². The van der Waals surface area contributed by atoms with Crippen LogP contribution in [-0.4, -0.2) is 6.61 Å². The molecule has 0 bridgehead atoms. The maximum Gasteiger partial charge on any atom is 0.119 e. The molecule has 0 aromatic heterocycles. The number of rotatable bonds is 4. The third-order valence-corrected chi connectivity index (χ3v) is 2.67. The maximum absolute atomic E-state index is 5.72. The third-order valence-electron chi connectivity index (χ3n) is 2.67. The second-order valence-electron chi connectivity index (χ2n) is 5.88. The van der Waals surface area contributed by atoms with Crippen LogP contribution in [0.5, 0.6) is 5.75 Å². The van der Waals surface area contributed by atoms with Crippen LogP contribution in [0.15, 0.2) is 24.3 Å². The lowest BCUT2D eigenvalue weighted by Gasteiger charge is -2.18. The van der Waals surface area contributed by atoms with E-state index in [4.69, 9.17) is 4.74 Å². The van der Waals surface area contributed by atoms with E-state index in [2.05, 4.69) is 58.9 Å². The summed E-state index contributed by atoms with van der Waals surface area (Å²) < 4.78 is 5.72. The Morgan fingerprint density at radius 2 is 1.62 bits per heavy atom. The van der Waals surface area contributed by atoms with Crippen molar-refractivity contribution in [3.05, 3.63) is 29.8 Å². The average Bonchev–Trinajstić information content (AvgIpc) is 2.16. The molecule has 0 saturated heterocycles. The van der Waals surface area contributed by atoms with Gasteiger partial charge in [-0.05, 0) is 35.4 Å². The number of hydrogen-bond donors (Lipinski definition) is 0. The summed E-state index contributed by atoms with van der Waals surface area (Å²) in [6.07, 6.45) is 1.08. The summed E-state index contributed by atoms with van der Waals surface area (Å²) in [5.74, 6) is 1.57. The van der Waals surface area contributed by atoms with E-state index in [0.29, 0.717) is 11.3 Å². The highest BCUT2D eigenvalue weighted by molar-refractivity contribution is 5.28. The summed E-state index contributed by atoms with van der Waals surface area (Å²) in [6, 6.07) is 8.43. The molecule has 0 unspecified atom stereocenters. The molecular weight excluding hydrogens is 196 g/mol. The van der Waals surface area contributed by atoms with Crippen molar-refractivity contribution >= 4 is 0 Å². The topological polar surface area (TPSA) is 9.23 Å². The molecule has 1 nitrogen and oxygen atoms in total. The fourth-order valence-corrected chi connectivity index (χ4v) is 1.42. The zero-order chi connectivity index (χ0) is 12.2. The molecule has 1 aromatic carbocycles. The quantitative estimate of drug-likeness (QED) is 0.719. The van der Waals surface area contributed by atoms with Gasteiger partial charge in [-0.2, -0.15) is 0 Å². The van der Waals surface area contributed by atoms with Gasteiger partial charge in [0, 0.05) is 0 Å². The normalized spacial score (nSPS) is 11.9. The molecule has 0 N–H and O–H groups in total. The molecule has 0 fully saturated rings. The fourth-order valence-electron chi connectivity index (χ4n) is 1.42. The van der Waals surface area contributed by atoms with Crippen LogP contribution in [-0.2, 0) is 0 Å². The molecule has 0 aliphatic heterocycles. The molecule has 0 spiro atoms. The maximum atomic E-state index is 5.72. The van der Waals surface area contributed by atoms with Crippen molar-refractivity contribution in [2.24, 2.45) is 5.41 Å². The molecule has 1 aromatic rings. The minimum atomic E-state index is 0.345. The zero-order valence-corrected chi connectivity index (χ0v) is 11.2. The molecule has 90 valence electrons. The number of ether oxygens (including phenoxy) is 1. The molecular formula is C15H24O. The van der Waals surface area contributed by atoms with Crippen LogP contribution in [0, 0.1) is 5.41 Å². The van der Waals surface area contributed by atoms with E-state index in [-0.39, 0.29) is 0 Å². The van der Waals surface area contributed by atoms with Gasteiger partial charge in [0.15, 0.2) is 0 Å². The molecule has 1 rings (SSSR count). The molecule has 0 saturated carbocycles. The lowest BCUT2D eigenvalue weighted by molar-refractivity contribution is 0.243. The van der Waals surface area contributed by atoms with Gasteiger partial charge in [-0.25, -0.2) is 0 Å². The largest absolute Gasteiger partial charge is 0.494 e.